The molecule has 1 N–H and O–H groups in total. The minimum absolute atomic E-state index is 0.238. The molecule has 0 saturated heterocycles. The lowest BCUT2D eigenvalue weighted by Crippen LogP contribution is -2.08. The van der Waals surface area contributed by atoms with E-state index in [9.17, 15) is 18.0 Å². The predicted octanol–water partition coefficient (Wildman–Crippen LogP) is 5.82. The summed E-state index contributed by atoms with van der Waals surface area (Å²) in [7, 11) is 1.29. The topological polar surface area (TPSA) is 64.1 Å². The number of hydrogen-bond donors (Lipinski definition) is 1. The maximum absolute atomic E-state index is 13.3. The molecule has 4 aromatic rings. The van der Waals surface area contributed by atoms with Crippen LogP contribution in [0.3, 0.4) is 0 Å². The second-order valence-corrected chi connectivity index (χ2v) is 7.99. The Kier molecular flexibility index (Phi) is 6.09. The Morgan fingerprint density at radius 3 is 2.44 bits per heavy atom. The van der Waals surface area contributed by atoms with Gasteiger partial charge in [0.25, 0.3) is 0 Å². The fourth-order valence-electron chi connectivity index (χ4n) is 3.17. The molecule has 9 heteroatoms. The molecule has 164 valence electrons. The van der Waals surface area contributed by atoms with E-state index in [0.29, 0.717) is 46.6 Å². The lowest BCUT2D eigenvalue weighted by atomic mass is 10.1. The largest absolute Gasteiger partial charge is 0.465 e. The number of fused-ring (bicyclic) bond motifs is 1. The molecule has 0 amide bonds. The van der Waals surface area contributed by atoms with Crippen molar-refractivity contribution in [1.29, 1.82) is 0 Å². The Morgan fingerprint density at radius 2 is 1.78 bits per heavy atom. The number of nitrogens with one attached hydrogen (secondary N) is 1. The third-order valence-corrected chi connectivity index (χ3v) is 5.86. The molecule has 0 aliphatic heterocycles. The zero-order valence-electron chi connectivity index (χ0n) is 16.9. The van der Waals surface area contributed by atoms with Crippen LogP contribution in [-0.2, 0) is 17.3 Å². The summed E-state index contributed by atoms with van der Waals surface area (Å²) < 4.78 is 44.6. The molecule has 2 heterocycles. The molecule has 32 heavy (non-hydrogen) atoms. The van der Waals surface area contributed by atoms with Gasteiger partial charge < -0.3 is 10.1 Å². The molecule has 0 bridgehead atoms. The van der Waals surface area contributed by atoms with E-state index in [2.05, 4.69) is 20.0 Å². The molecular formula is C23H18F3N3O2S. The van der Waals surface area contributed by atoms with Gasteiger partial charge in [-0.2, -0.15) is 13.2 Å². The number of alkyl halides is 3. The van der Waals surface area contributed by atoms with Gasteiger partial charge in [-0.25, -0.2) is 14.8 Å². The van der Waals surface area contributed by atoms with Crippen LogP contribution in [0, 0.1) is 0 Å². The fourth-order valence-corrected chi connectivity index (χ4v) is 4.07. The van der Waals surface area contributed by atoms with Crippen LogP contribution in [0.2, 0.25) is 0 Å². The normalized spacial score (nSPS) is 11.5. The van der Waals surface area contributed by atoms with E-state index in [1.807, 2.05) is 30.3 Å². The van der Waals surface area contributed by atoms with E-state index in [1.165, 1.54) is 7.11 Å². The van der Waals surface area contributed by atoms with Crippen LogP contribution in [-0.4, -0.2) is 29.6 Å². The standard InChI is InChI=1S/C23H18F3N3O2S/c1-31-22(30)16-9-7-15(8-10-16)19-28-20(27-12-11-14-5-3-2-4-6-14)17-13-18(23(24,25)26)32-21(17)29-19/h2-10,13H,11-12H2,1H3,(H,27,28,29). The lowest BCUT2D eigenvalue weighted by molar-refractivity contribution is -0.134. The van der Waals surface area contributed by atoms with Crippen LogP contribution in [0.15, 0.2) is 60.7 Å². The van der Waals surface area contributed by atoms with Crippen LogP contribution in [0.25, 0.3) is 21.6 Å². The van der Waals surface area contributed by atoms with Gasteiger partial charge in [0.1, 0.15) is 15.5 Å². The second kappa shape index (κ2) is 8.96. The van der Waals surface area contributed by atoms with Crippen LogP contribution in [0.5, 0.6) is 0 Å². The Hall–Kier alpha value is -3.46. The van der Waals surface area contributed by atoms with E-state index in [1.54, 1.807) is 24.3 Å². The maximum atomic E-state index is 13.3. The number of carbonyl (C=O) groups is 1. The first-order chi connectivity index (χ1) is 15.3. The summed E-state index contributed by atoms with van der Waals surface area (Å²) in [5.74, 6) is 0.126. The summed E-state index contributed by atoms with van der Waals surface area (Å²) >= 11 is 0.578. The molecule has 2 aromatic carbocycles. The number of aromatic nitrogens is 2. The van der Waals surface area contributed by atoms with Crippen molar-refractivity contribution >= 4 is 33.3 Å². The average molecular weight is 457 g/mol. The van der Waals surface area contributed by atoms with Crippen molar-refractivity contribution in [3.63, 3.8) is 0 Å². The fraction of sp³-hybridized carbons (Fsp3) is 0.174. The van der Waals surface area contributed by atoms with Gasteiger partial charge in [-0.1, -0.05) is 42.5 Å². The number of thiophene rings is 1. The Morgan fingerprint density at radius 1 is 1.06 bits per heavy atom. The van der Waals surface area contributed by atoms with Crippen LogP contribution >= 0.6 is 11.3 Å². The molecule has 5 nitrogen and oxygen atoms in total. The molecule has 0 fully saturated rings. The van der Waals surface area contributed by atoms with E-state index in [-0.39, 0.29) is 10.7 Å². The molecule has 0 atom stereocenters. The first kappa shape index (κ1) is 21.8. The number of methoxy groups -OCH3 is 1. The number of ether oxygens (including phenoxy) is 1. The molecule has 0 unspecified atom stereocenters. The van der Waals surface area contributed by atoms with Gasteiger partial charge in [-0.15, -0.1) is 11.3 Å². The van der Waals surface area contributed by atoms with Crippen LogP contribution < -0.4 is 5.32 Å². The predicted molar refractivity (Wildman–Crippen MR) is 118 cm³/mol. The van der Waals surface area contributed by atoms with Crippen LogP contribution in [0.4, 0.5) is 19.0 Å². The van der Waals surface area contributed by atoms with Crippen molar-refractivity contribution in [2.24, 2.45) is 0 Å². The smallest absolute Gasteiger partial charge is 0.425 e. The number of halogens is 3. The van der Waals surface area contributed by atoms with Gasteiger partial charge in [0.2, 0.25) is 0 Å². The van der Waals surface area contributed by atoms with Gasteiger partial charge in [-0.3, -0.25) is 0 Å². The number of hydrogen-bond acceptors (Lipinski definition) is 6. The van der Waals surface area contributed by atoms with Gasteiger partial charge >= 0.3 is 12.1 Å². The summed E-state index contributed by atoms with van der Waals surface area (Å²) in [5.41, 5.74) is 2.03. The Balaban J connectivity index is 1.69. The zero-order valence-corrected chi connectivity index (χ0v) is 17.8. The number of carbonyl (C=O) groups excluding carboxylic acids is 1. The van der Waals surface area contributed by atoms with Crippen molar-refractivity contribution in [2.45, 2.75) is 12.6 Å². The van der Waals surface area contributed by atoms with Gasteiger partial charge in [0.05, 0.1) is 18.1 Å². The van der Waals surface area contributed by atoms with Crippen molar-refractivity contribution in [3.05, 3.63) is 76.7 Å². The highest BCUT2D eigenvalue weighted by Gasteiger charge is 2.33. The van der Waals surface area contributed by atoms with Gasteiger partial charge in [0.15, 0.2) is 5.82 Å². The number of rotatable bonds is 6. The highest BCUT2D eigenvalue weighted by molar-refractivity contribution is 7.18. The molecular weight excluding hydrogens is 439 g/mol. The summed E-state index contributed by atoms with van der Waals surface area (Å²) in [6.45, 7) is 0.494. The first-order valence-corrected chi connectivity index (χ1v) is 10.5. The number of nitrogens with zero attached hydrogens (tertiary/aromatic N) is 2. The number of benzene rings is 2. The van der Waals surface area contributed by atoms with Crippen molar-refractivity contribution in [2.75, 3.05) is 19.0 Å². The summed E-state index contributed by atoms with van der Waals surface area (Å²) in [6.07, 6.45) is -3.78. The summed E-state index contributed by atoms with van der Waals surface area (Å²) in [5, 5.41) is 3.49. The van der Waals surface area contributed by atoms with E-state index in [4.69, 9.17) is 0 Å². The molecule has 4 rings (SSSR count). The molecule has 0 spiro atoms. The Labute approximate surface area is 185 Å². The minimum atomic E-state index is -4.46. The minimum Gasteiger partial charge on any atom is -0.465 e. The summed E-state index contributed by atoms with van der Waals surface area (Å²) in [4.78, 5) is 20.0. The molecule has 2 aromatic heterocycles. The third kappa shape index (κ3) is 4.72. The quantitative estimate of drug-likeness (QED) is 0.370. The average Bonchev–Trinajstić information content (AvgIpc) is 3.24. The highest BCUT2D eigenvalue weighted by Crippen LogP contribution is 2.40. The van der Waals surface area contributed by atoms with Crippen molar-refractivity contribution in [3.8, 4) is 11.4 Å². The van der Waals surface area contributed by atoms with Crippen molar-refractivity contribution < 1.29 is 22.7 Å². The van der Waals surface area contributed by atoms with Crippen LogP contribution in [0.1, 0.15) is 20.8 Å². The second-order valence-electron chi connectivity index (χ2n) is 6.95. The Bertz CT molecular complexity index is 1240. The van der Waals surface area contributed by atoms with Crippen molar-refractivity contribution in [1.82, 2.24) is 9.97 Å². The van der Waals surface area contributed by atoms with Gasteiger partial charge in [-0.05, 0) is 30.2 Å². The van der Waals surface area contributed by atoms with E-state index < -0.39 is 17.0 Å². The first-order valence-electron chi connectivity index (χ1n) is 9.70. The maximum Gasteiger partial charge on any atom is 0.425 e. The van der Waals surface area contributed by atoms with E-state index in [0.717, 1.165) is 11.6 Å². The number of esters is 1. The molecule has 0 saturated carbocycles. The SMILES string of the molecule is COC(=O)c1ccc(-c2nc(NCCc3ccccc3)c3cc(C(F)(F)F)sc3n2)cc1. The molecule has 0 aliphatic rings. The monoisotopic (exact) mass is 457 g/mol. The lowest BCUT2D eigenvalue weighted by Gasteiger charge is -2.09. The highest BCUT2D eigenvalue weighted by atomic mass is 32.1. The van der Waals surface area contributed by atoms with E-state index >= 15 is 0 Å². The zero-order chi connectivity index (χ0) is 22.7. The molecule has 0 aliphatic carbocycles. The number of anilines is 1. The summed E-state index contributed by atoms with van der Waals surface area (Å²) in [6, 6.07) is 17.2. The molecule has 0 radical (unpaired) electrons. The third-order valence-electron chi connectivity index (χ3n) is 4.79. The van der Waals surface area contributed by atoms with Gasteiger partial charge in [0, 0.05) is 12.1 Å².